The van der Waals surface area contributed by atoms with Crippen LogP contribution in [-0.4, -0.2) is 54.5 Å². The Labute approximate surface area is 128 Å². The van der Waals surface area contributed by atoms with Gasteiger partial charge >= 0.3 is 5.97 Å². The minimum absolute atomic E-state index is 0.144. The topological polar surface area (TPSA) is 83.9 Å². The second-order valence-electron chi connectivity index (χ2n) is 5.35. The van der Waals surface area contributed by atoms with Crippen LogP contribution in [0.5, 0.6) is 0 Å². The number of hydrogen-bond donors (Lipinski definition) is 1. The van der Waals surface area contributed by atoms with Crippen LogP contribution in [0, 0.1) is 11.8 Å². The summed E-state index contributed by atoms with van der Waals surface area (Å²) in [4.78, 5) is 36.9. The van der Waals surface area contributed by atoms with Gasteiger partial charge in [-0.2, -0.15) is 0 Å². The van der Waals surface area contributed by atoms with Gasteiger partial charge in [-0.3, -0.25) is 9.59 Å². The monoisotopic (exact) mass is 305 g/mol. The first kappa shape index (κ1) is 16.2. The maximum absolute atomic E-state index is 12.5. The summed E-state index contributed by atoms with van der Waals surface area (Å²) in [6, 6.07) is 9.31. The average Bonchev–Trinajstić information content (AvgIpc) is 2.82. The van der Waals surface area contributed by atoms with Crippen LogP contribution < -0.4 is 0 Å². The van der Waals surface area contributed by atoms with E-state index in [4.69, 9.17) is 9.84 Å². The molecule has 0 radical (unpaired) electrons. The molecule has 1 heterocycles. The third kappa shape index (κ3) is 3.51. The lowest BCUT2D eigenvalue weighted by molar-refractivity contribution is -0.151. The number of carboxylic acid groups (broad SMARTS) is 1. The molecule has 1 fully saturated rings. The minimum Gasteiger partial charge on any atom is -0.475 e. The molecule has 22 heavy (non-hydrogen) atoms. The molecule has 1 N–H and O–H groups in total. The van der Waals surface area contributed by atoms with Crippen LogP contribution in [0.4, 0.5) is 0 Å². The van der Waals surface area contributed by atoms with Crippen LogP contribution in [0.1, 0.15) is 5.56 Å². The summed E-state index contributed by atoms with van der Waals surface area (Å²) in [7, 11) is 1.53. The van der Waals surface area contributed by atoms with Crippen molar-refractivity contribution in [2.24, 2.45) is 11.8 Å². The van der Waals surface area contributed by atoms with Gasteiger partial charge in [0.25, 0.3) is 0 Å². The molecule has 1 aliphatic heterocycles. The van der Waals surface area contributed by atoms with Crippen LogP contribution in [0.15, 0.2) is 30.3 Å². The lowest BCUT2D eigenvalue weighted by Gasteiger charge is -2.15. The van der Waals surface area contributed by atoms with Crippen molar-refractivity contribution in [3.63, 3.8) is 0 Å². The minimum atomic E-state index is -1.48. The maximum atomic E-state index is 12.5. The number of carbonyl (C=O) groups is 3. The van der Waals surface area contributed by atoms with Gasteiger partial charge in [0.2, 0.25) is 11.7 Å². The van der Waals surface area contributed by atoms with E-state index in [2.05, 4.69) is 0 Å². The summed E-state index contributed by atoms with van der Waals surface area (Å²) in [6.07, 6.45) is 0.368. The molecule has 1 aliphatic rings. The van der Waals surface area contributed by atoms with Crippen molar-refractivity contribution in [1.82, 2.24) is 4.90 Å². The SMILES string of the molecule is COCCN1C[C@H](C(=O)C(=O)O)[C@@H](Cc2ccccc2)C1=O. The molecule has 1 aromatic rings. The fraction of sp³-hybridized carbons (Fsp3) is 0.438. The van der Waals surface area contributed by atoms with Crippen molar-refractivity contribution in [3.8, 4) is 0 Å². The first-order valence-electron chi connectivity index (χ1n) is 7.13. The van der Waals surface area contributed by atoms with Crippen LogP contribution in [0.2, 0.25) is 0 Å². The van der Waals surface area contributed by atoms with E-state index in [1.54, 1.807) is 0 Å². The fourth-order valence-electron chi connectivity index (χ4n) is 2.79. The molecule has 1 saturated heterocycles. The van der Waals surface area contributed by atoms with Gasteiger partial charge in [0.1, 0.15) is 0 Å². The van der Waals surface area contributed by atoms with Gasteiger partial charge < -0.3 is 14.7 Å². The highest BCUT2D eigenvalue weighted by Crippen LogP contribution is 2.29. The summed E-state index contributed by atoms with van der Waals surface area (Å²) in [5.74, 6) is -3.98. The largest absolute Gasteiger partial charge is 0.475 e. The van der Waals surface area contributed by atoms with Crippen molar-refractivity contribution < 1.29 is 24.2 Å². The Balaban J connectivity index is 2.19. The Bertz CT molecular complexity index is 557. The third-order valence-corrected chi connectivity index (χ3v) is 3.94. The van der Waals surface area contributed by atoms with E-state index < -0.39 is 23.6 Å². The van der Waals surface area contributed by atoms with Gasteiger partial charge in [-0.15, -0.1) is 0 Å². The van der Waals surface area contributed by atoms with Gasteiger partial charge in [0.05, 0.1) is 18.4 Å². The Morgan fingerprint density at radius 1 is 1.32 bits per heavy atom. The number of rotatable bonds is 7. The predicted molar refractivity (Wildman–Crippen MR) is 78.2 cm³/mol. The van der Waals surface area contributed by atoms with Crippen LogP contribution in [-0.2, 0) is 25.5 Å². The number of ketones is 1. The number of likely N-dealkylation sites (tertiary alicyclic amines) is 1. The highest BCUT2D eigenvalue weighted by Gasteiger charge is 2.45. The summed E-state index contributed by atoms with van der Waals surface area (Å²) in [5, 5.41) is 8.97. The smallest absolute Gasteiger partial charge is 0.372 e. The van der Waals surface area contributed by atoms with Crippen LogP contribution in [0.25, 0.3) is 0 Å². The molecule has 1 aromatic carbocycles. The zero-order chi connectivity index (χ0) is 16.1. The molecule has 0 aromatic heterocycles. The van der Waals surface area contributed by atoms with E-state index in [1.165, 1.54) is 12.0 Å². The molecule has 118 valence electrons. The Morgan fingerprint density at radius 3 is 2.59 bits per heavy atom. The quantitative estimate of drug-likeness (QED) is 0.746. The van der Waals surface area contributed by atoms with E-state index in [9.17, 15) is 14.4 Å². The zero-order valence-electron chi connectivity index (χ0n) is 12.4. The van der Waals surface area contributed by atoms with Crippen molar-refractivity contribution in [3.05, 3.63) is 35.9 Å². The normalized spacial score (nSPS) is 21.1. The molecule has 2 rings (SSSR count). The number of ether oxygens (including phenoxy) is 1. The summed E-state index contributed by atoms with van der Waals surface area (Å²) in [6.45, 7) is 0.868. The number of benzene rings is 1. The van der Waals surface area contributed by atoms with Crippen molar-refractivity contribution in [1.29, 1.82) is 0 Å². The molecule has 0 unspecified atom stereocenters. The van der Waals surface area contributed by atoms with Gasteiger partial charge in [0, 0.05) is 20.2 Å². The highest BCUT2D eigenvalue weighted by molar-refractivity contribution is 6.34. The van der Waals surface area contributed by atoms with Gasteiger partial charge in [-0.25, -0.2) is 4.79 Å². The predicted octanol–water partition coefficient (Wildman–Crippen LogP) is 0.604. The number of methoxy groups -OCH3 is 1. The molecule has 6 heteroatoms. The third-order valence-electron chi connectivity index (χ3n) is 3.94. The Hall–Kier alpha value is -2.21. The van der Waals surface area contributed by atoms with Gasteiger partial charge in [0.15, 0.2) is 0 Å². The van der Waals surface area contributed by atoms with Crippen molar-refractivity contribution >= 4 is 17.7 Å². The number of carbonyl (C=O) groups excluding carboxylic acids is 2. The number of Topliss-reactive ketones (excluding diaryl/α,β-unsaturated/α-hetero) is 1. The fourth-order valence-corrected chi connectivity index (χ4v) is 2.79. The number of nitrogens with zero attached hydrogens (tertiary/aromatic N) is 1. The summed E-state index contributed by atoms with van der Waals surface area (Å²) in [5.41, 5.74) is 0.914. The molecule has 0 saturated carbocycles. The molecule has 0 aliphatic carbocycles. The molecular weight excluding hydrogens is 286 g/mol. The van der Waals surface area contributed by atoms with Crippen molar-refractivity contribution in [2.45, 2.75) is 6.42 Å². The van der Waals surface area contributed by atoms with Gasteiger partial charge in [-0.05, 0) is 12.0 Å². The van der Waals surface area contributed by atoms with E-state index in [1.807, 2.05) is 30.3 Å². The van der Waals surface area contributed by atoms with E-state index in [-0.39, 0.29) is 12.5 Å². The Kier molecular flexibility index (Phi) is 5.27. The standard InChI is InChI=1S/C16H19NO5/c1-22-8-7-17-10-13(14(18)16(20)21)12(15(17)19)9-11-5-3-2-4-6-11/h2-6,12-13H,7-10H2,1H3,(H,20,21)/t12-,13+/m1/s1. The average molecular weight is 305 g/mol. The second kappa shape index (κ2) is 7.17. The van der Waals surface area contributed by atoms with Crippen molar-refractivity contribution in [2.75, 3.05) is 26.8 Å². The zero-order valence-corrected chi connectivity index (χ0v) is 12.4. The molecule has 0 bridgehead atoms. The molecular formula is C16H19NO5. The second-order valence-corrected chi connectivity index (χ2v) is 5.35. The van der Waals surface area contributed by atoms with E-state index in [0.29, 0.717) is 19.6 Å². The number of hydrogen-bond acceptors (Lipinski definition) is 4. The van der Waals surface area contributed by atoms with E-state index >= 15 is 0 Å². The molecule has 0 spiro atoms. The first-order valence-corrected chi connectivity index (χ1v) is 7.13. The summed E-state index contributed by atoms with van der Waals surface area (Å²) >= 11 is 0. The van der Waals surface area contributed by atoms with E-state index in [0.717, 1.165) is 5.56 Å². The van der Waals surface area contributed by atoms with Gasteiger partial charge in [-0.1, -0.05) is 30.3 Å². The summed E-state index contributed by atoms with van der Waals surface area (Å²) < 4.78 is 4.95. The number of amides is 1. The molecule has 2 atom stereocenters. The van der Waals surface area contributed by atoms with Crippen LogP contribution >= 0.6 is 0 Å². The lowest BCUT2D eigenvalue weighted by atomic mass is 9.86. The highest BCUT2D eigenvalue weighted by atomic mass is 16.5. The first-order chi connectivity index (χ1) is 10.5. The number of carboxylic acids is 1. The Morgan fingerprint density at radius 2 is 2.00 bits per heavy atom. The lowest BCUT2D eigenvalue weighted by Crippen LogP contribution is -2.31. The van der Waals surface area contributed by atoms with Crippen LogP contribution in [0.3, 0.4) is 0 Å². The molecule has 6 nitrogen and oxygen atoms in total. The molecule has 1 amide bonds. The number of aliphatic carboxylic acids is 1. The maximum Gasteiger partial charge on any atom is 0.372 e.